The van der Waals surface area contributed by atoms with Crippen molar-refractivity contribution < 1.29 is 4.79 Å². The van der Waals surface area contributed by atoms with Crippen molar-refractivity contribution in [3.05, 3.63) is 78.0 Å². The molecule has 6 nitrogen and oxygen atoms in total. The molecule has 1 amide bonds. The minimum absolute atomic E-state index is 0.173. The van der Waals surface area contributed by atoms with Crippen LogP contribution >= 0.6 is 0 Å². The average molecular weight is 373 g/mol. The van der Waals surface area contributed by atoms with Gasteiger partial charge >= 0.3 is 0 Å². The Hall–Kier alpha value is -3.67. The lowest BCUT2D eigenvalue weighted by atomic mass is 10.1. The summed E-state index contributed by atoms with van der Waals surface area (Å²) in [5.74, 6) is 0.484. The van der Waals surface area contributed by atoms with E-state index >= 15 is 0 Å². The number of aryl methyl sites for hydroxylation is 1. The van der Waals surface area contributed by atoms with Crippen LogP contribution in [0.3, 0.4) is 0 Å². The highest BCUT2D eigenvalue weighted by molar-refractivity contribution is 6.02. The number of benzene rings is 2. The second-order valence-corrected chi connectivity index (χ2v) is 6.57. The first kappa shape index (κ1) is 19.1. The molecule has 0 saturated carbocycles. The van der Waals surface area contributed by atoms with Crippen LogP contribution in [0, 0.1) is 6.92 Å². The Kier molecular flexibility index (Phi) is 6.01. The van der Waals surface area contributed by atoms with Gasteiger partial charge in [-0.05, 0) is 48.4 Å². The molecule has 0 unspecified atom stereocenters. The number of carbonyl (C=O) groups is 1. The topological polar surface area (TPSA) is 70.2 Å². The minimum Gasteiger partial charge on any atom is -0.376 e. The molecule has 2 aromatic carbocycles. The number of nitrogens with zero attached hydrogens (tertiary/aromatic N) is 3. The zero-order valence-corrected chi connectivity index (χ0v) is 16.2. The van der Waals surface area contributed by atoms with E-state index in [4.69, 9.17) is 0 Å². The van der Waals surface area contributed by atoms with Crippen LogP contribution in [-0.2, 0) is 4.79 Å². The molecular formula is C22H23N5O. The van der Waals surface area contributed by atoms with Gasteiger partial charge in [-0.15, -0.1) is 5.10 Å². The Morgan fingerprint density at radius 2 is 1.75 bits per heavy atom. The fraction of sp³-hybridized carbons (Fsp3) is 0.136. The molecule has 1 aromatic heterocycles. The Balaban J connectivity index is 1.60. The highest BCUT2D eigenvalue weighted by atomic mass is 16.1. The average Bonchev–Trinajstić information content (AvgIpc) is 2.69. The van der Waals surface area contributed by atoms with E-state index in [1.54, 1.807) is 6.20 Å². The molecule has 3 rings (SSSR count). The van der Waals surface area contributed by atoms with Crippen LogP contribution in [0.25, 0.3) is 6.08 Å². The Labute approximate surface area is 164 Å². The molecule has 0 aliphatic rings. The number of hydrogen-bond acceptors (Lipinski definition) is 5. The van der Waals surface area contributed by atoms with Crippen LogP contribution in [0.1, 0.15) is 11.1 Å². The summed E-state index contributed by atoms with van der Waals surface area (Å²) in [7, 11) is 3.90. The third-order valence-corrected chi connectivity index (χ3v) is 4.18. The highest BCUT2D eigenvalue weighted by Crippen LogP contribution is 2.20. The quantitative estimate of drug-likeness (QED) is 0.632. The van der Waals surface area contributed by atoms with Crippen molar-refractivity contribution in [2.75, 3.05) is 29.6 Å². The van der Waals surface area contributed by atoms with E-state index in [1.807, 2.05) is 86.6 Å². The predicted octanol–water partition coefficient (Wildman–Crippen LogP) is 4.25. The zero-order valence-electron chi connectivity index (χ0n) is 16.2. The standard InChI is InChI=1S/C22H23N5O/c1-16-6-4-5-7-17(16)8-13-22(28)25-19-11-9-18(10-12-19)24-21-14-20(27(2)3)15-23-26-21/h4-15H,1-3H3,(H,24,26)(H,25,28)/b13-8+. The number of amides is 1. The lowest BCUT2D eigenvalue weighted by Gasteiger charge is -2.13. The van der Waals surface area contributed by atoms with Gasteiger partial charge < -0.3 is 15.5 Å². The number of carbonyl (C=O) groups excluding carboxylic acids is 1. The lowest BCUT2D eigenvalue weighted by molar-refractivity contribution is -0.111. The molecule has 0 atom stereocenters. The summed E-state index contributed by atoms with van der Waals surface area (Å²) in [5.41, 5.74) is 4.69. The first-order valence-electron chi connectivity index (χ1n) is 8.93. The summed E-state index contributed by atoms with van der Waals surface area (Å²) in [4.78, 5) is 14.1. The van der Waals surface area contributed by atoms with Gasteiger partial charge in [-0.25, -0.2) is 0 Å². The Bertz CT molecular complexity index is 980. The molecule has 1 heterocycles. The van der Waals surface area contributed by atoms with Crippen molar-refractivity contribution in [3.63, 3.8) is 0 Å². The van der Waals surface area contributed by atoms with Crippen LogP contribution in [-0.4, -0.2) is 30.2 Å². The van der Waals surface area contributed by atoms with Crippen molar-refractivity contribution in [3.8, 4) is 0 Å². The summed E-state index contributed by atoms with van der Waals surface area (Å²) in [6, 6.07) is 17.3. The maximum absolute atomic E-state index is 12.1. The lowest BCUT2D eigenvalue weighted by Crippen LogP contribution is -2.10. The maximum Gasteiger partial charge on any atom is 0.248 e. The number of rotatable bonds is 6. The molecule has 2 N–H and O–H groups in total. The van der Waals surface area contributed by atoms with E-state index < -0.39 is 0 Å². The summed E-state index contributed by atoms with van der Waals surface area (Å²) in [5, 5.41) is 14.1. The third-order valence-electron chi connectivity index (χ3n) is 4.18. The van der Waals surface area contributed by atoms with Gasteiger partial charge in [0.05, 0.1) is 11.9 Å². The van der Waals surface area contributed by atoms with Crippen LogP contribution in [0.4, 0.5) is 22.9 Å². The molecular weight excluding hydrogens is 350 g/mol. The van der Waals surface area contributed by atoms with Gasteiger partial charge in [0.1, 0.15) is 0 Å². The van der Waals surface area contributed by atoms with E-state index in [0.717, 1.165) is 28.2 Å². The van der Waals surface area contributed by atoms with Gasteiger partial charge in [0.15, 0.2) is 5.82 Å². The van der Waals surface area contributed by atoms with Crippen molar-refractivity contribution in [2.45, 2.75) is 6.92 Å². The normalized spacial score (nSPS) is 10.7. The van der Waals surface area contributed by atoms with Gasteiger partial charge in [0, 0.05) is 37.6 Å². The summed E-state index contributed by atoms with van der Waals surface area (Å²) >= 11 is 0. The predicted molar refractivity (Wildman–Crippen MR) is 115 cm³/mol. The van der Waals surface area contributed by atoms with Crippen molar-refractivity contribution in [1.29, 1.82) is 0 Å². The van der Waals surface area contributed by atoms with E-state index in [9.17, 15) is 4.79 Å². The van der Waals surface area contributed by atoms with E-state index in [2.05, 4.69) is 20.8 Å². The van der Waals surface area contributed by atoms with E-state index in [-0.39, 0.29) is 5.91 Å². The molecule has 0 spiro atoms. The summed E-state index contributed by atoms with van der Waals surface area (Å²) < 4.78 is 0. The third kappa shape index (κ3) is 5.17. The smallest absolute Gasteiger partial charge is 0.248 e. The van der Waals surface area contributed by atoms with Gasteiger partial charge in [-0.2, -0.15) is 5.10 Å². The second-order valence-electron chi connectivity index (χ2n) is 6.57. The molecule has 28 heavy (non-hydrogen) atoms. The fourth-order valence-electron chi connectivity index (χ4n) is 2.57. The zero-order chi connectivity index (χ0) is 19.9. The number of anilines is 4. The molecule has 0 aliphatic carbocycles. The summed E-state index contributed by atoms with van der Waals surface area (Å²) in [6.45, 7) is 2.02. The molecule has 0 aliphatic heterocycles. The van der Waals surface area contributed by atoms with Crippen LogP contribution < -0.4 is 15.5 Å². The fourth-order valence-corrected chi connectivity index (χ4v) is 2.57. The number of hydrogen-bond donors (Lipinski definition) is 2. The number of nitrogens with one attached hydrogen (secondary N) is 2. The molecule has 0 fully saturated rings. The Morgan fingerprint density at radius 1 is 1.04 bits per heavy atom. The molecule has 0 radical (unpaired) electrons. The minimum atomic E-state index is -0.173. The number of aromatic nitrogens is 2. The van der Waals surface area contributed by atoms with Crippen molar-refractivity contribution in [2.24, 2.45) is 0 Å². The molecule has 142 valence electrons. The van der Waals surface area contributed by atoms with E-state index in [1.165, 1.54) is 6.08 Å². The van der Waals surface area contributed by atoms with E-state index in [0.29, 0.717) is 5.82 Å². The molecule has 0 saturated heterocycles. The first-order valence-corrected chi connectivity index (χ1v) is 8.93. The summed E-state index contributed by atoms with van der Waals surface area (Å²) in [6.07, 6.45) is 5.06. The van der Waals surface area contributed by atoms with Crippen molar-refractivity contribution >= 4 is 34.9 Å². The molecule has 0 bridgehead atoms. The van der Waals surface area contributed by atoms with Crippen LogP contribution in [0.2, 0.25) is 0 Å². The largest absolute Gasteiger partial charge is 0.376 e. The monoisotopic (exact) mass is 373 g/mol. The first-order chi connectivity index (χ1) is 13.5. The van der Waals surface area contributed by atoms with Gasteiger partial charge in [0.25, 0.3) is 0 Å². The van der Waals surface area contributed by atoms with Gasteiger partial charge in [-0.1, -0.05) is 24.3 Å². The van der Waals surface area contributed by atoms with Gasteiger partial charge in [-0.3, -0.25) is 4.79 Å². The van der Waals surface area contributed by atoms with Gasteiger partial charge in [0.2, 0.25) is 5.91 Å². The SMILES string of the molecule is Cc1ccccc1/C=C/C(=O)Nc1ccc(Nc2cc(N(C)C)cnn2)cc1. The second kappa shape index (κ2) is 8.81. The van der Waals surface area contributed by atoms with Crippen molar-refractivity contribution in [1.82, 2.24) is 10.2 Å². The van der Waals surface area contributed by atoms with Crippen LogP contribution in [0.15, 0.2) is 66.9 Å². The Morgan fingerprint density at radius 3 is 2.46 bits per heavy atom. The maximum atomic E-state index is 12.1. The van der Waals surface area contributed by atoms with Crippen LogP contribution in [0.5, 0.6) is 0 Å². The molecule has 3 aromatic rings. The molecule has 6 heteroatoms. The highest BCUT2D eigenvalue weighted by Gasteiger charge is 2.03.